The van der Waals surface area contributed by atoms with Crippen LogP contribution in [-0.4, -0.2) is 34.3 Å². The lowest BCUT2D eigenvalue weighted by Gasteiger charge is -2.32. The zero-order valence-corrected chi connectivity index (χ0v) is 12.6. The predicted molar refractivity (Wildman–Crippen MR) is 77.6 cm³/mol. The van der Waals surface area contributed by atoms with E-state index < -0.39 is 0 Å². The van der Waals surface area contributed by atoms with Gasteiger partial charge in [-0.3, -0.25) is 5.32 Å². The van der Waals surface area contributed by atoms with Crippen molar-refractivity contribution in [1.29, 1.82) is 5.26 Å². The minimum Gasteiger partial charge on any atom is -0.395 e. The van der Waals surface area contributed by atoms with Crippen molar-refractivity contribution in [3.05, 3.63) is 0 Å². The number of thioether (sulfide) groups is 1. The maximum atomic E-state index is 9.53. The van der Waals surface area contributed by atoms with Gasteiger partial charge in [-0.1, -0.05) is 13.3 Å². The van der Waals surface area contributed by atoms with E-state index in [1.165, 1.54) is 0 Å². The zero-order chi connectivity index (χ0) is 13.6. The minimum absolute atomic E-state index is 0.239. The van der Waals surface area contributed by atoms with Crippen molar-refractivity contribution in [1.82, 2.24) is 5.32 Å². The summed E-state index contributed by atoms with van der Waals surface area (Å²) >= 11 is 1.81. The van der Waals surface area contributed by atoms with E-state index in [9.17, 15) is 5.26 Å². The fourth-order valence-corrected chi connectivity index (χ4v) is 3.75. The molecule has 0 aliphatic heterocycles. The topological polar surface area (TPSA) is 56.0 Å². The average Bonchev–Trinajstić information content (AvgIpc) is 2.72. The van der Waals surface area contributed by atoms with Crippen molar-refractivity contribution < 1.29 is 5.11 Å². The fraction of sp³-hybridized carbons (Fsp3) is 0.929. The molecule has 0 radical (unpaired) electrons. The molecular weight excluding hydrogens is 244 g/mol. The Morgan fingerprint density at radius 1 is 1.50 bits per heavy atom. The zero-order valence-electron chi connectivity index (χ0n) is 11.8. The van der Waals surface area contributed by atoms with Gasteiger partial charge in [-0.25, -0.2) is 0 Å². The lowest BCUT2D eigenvalue weighted by molar-refractivity contribution is 0.288. The van der Waals surface area contributed by atoms with Crippen LogP contribution < -0.4 is 5.32 Å². The van der Waals surface area contributed by atoms with E-state index in [0.29, 0.717) is 17.2 Å². The second kappa shape index (κ2) is 7.37. The molecule has 104 valence electrons. The second-order valence-corrected chi connectivity index (χ2v) is 7.17. The van der Waals surface area contributed by atoms with Crippen LogP contribution in [0, 0.1) is 17.2 Å². The van der Waals surface area contributed by atoms with Gasteiger partial charge in [0.25, 0.3) is 0 Å². The third-order valence-corrected chi connectivity index (χ3v) is 4.88. The molecule has 0 spiro atoms. The molecular formula is C14H26N2OS. The Bertz CT molecular complexity index is 290. The molecule has 0 aromatic heterocycles. The first-order chi connectivity index (χ1) is 8.54. The molecule has 0 amide bonds. The Morgan fingerprint density at radius 3 is 2.78 bits per heavy atom. The SMILES string of the molecule is CC(C)NC1(C#N)CCCC1CCSC(C)CO. The Morgan fingerprint density at radius 2 is 2.22 bits per heavy atom. The minimum atomic E-state index is -0.308. The van der Waals surface area contributed by atoms with Crippen molar-refractivity contribution >= 4 is 11.8 Å². The number of aliphatic hydroxyl groups is 1. The van der Waals surface area contributed by atoms with Crippen LogP contribution >= 0.6 is 11.8 Å². The lowest BCUT2D eigenvalue weighted by Crippen LogP contribution is -2.50. The van der Waals surface area contributed by atoms with Gasteiger partial charge in [0.15, 0.2) is 0 Å². The van der Waals surface area contributed by atoms with Gasteiger partial charge in [0.05, 0.1) is 12.7 Å². The lowest BCUT2D eigenvalue weighted by atomic mass is 9.86. The van der Waals surface area contributed by atoms with Gasteiger partial charge in [0.2, 0.25) is 0 Å². The molecule has 0 aromatic carbocycles. The summed E-state index contributed by atoms with van der Waals surface area (Å²) in [5.41, 5.74) is -0.308. The average molecular weight is 270 g/mol. The van der Waals surface area contributed by atoms with E-state index >= 15 is 0 Å². The standard InChI is InChI=1S/C14H26N2OS/c1-11(2)16-14(10-15)7-4-5-13(14)6-8-18-12(3)9-17/h11-13,16-17H,4-9H2,1-3H3. The largest absolute Gasteiger partial charge is 0.395 e. The van der Waals surface area contributed by atoms with Gasteiger partial charge < -0.3 is 5.11 Å². The number of hydrogen-bond acceptors (Lipinski definition) is 4. The fourth-order valence-electron chi connectivity index (χ4n) is 2.82. The number of nitriles is 1. The highest BCUT2D eigenvalue weighted by Gasteiger charge is 2.42. The Kier molecular flexibility index (Phi) is 6.48. The van der Waals surface area contributed by atoms with E-state index in [-0.39, 0.29) is 12.1 Å². The van der Waals surface area contributed by atoms with Crippen molar-refractivity contribution in [2.45, 2.75) is 63.3 Å². The third-order valence-electron chi connectivity index (χ3n) is 3.69. The van der Waals surface area contributed by atoms with Crippen LogP contribution in [0.2, 0.25) is 0 Å². The molecule has 3 nitrogen and oxygen atoms in total. The number of nitrogens with one attached hydrogen (secondary N) is 1. The number of rotatable bonds is 7. The summed E-state index contributed by atoms with van der Waals surface area (Å²) in [5, 5.41) is 22.3. The molecule has 18 heavy (non-hydrogen) atoms. The van der Waals surface area contributed by atoms with Gasteiger partial charge in [-0.2, -0.15) is 17.0 Å². The molecule has 3 unspecified atom stereocenters. The Balaban J connectivity index is 2.50. The van der Waals surface area contributed by atoms with Gasteiger partial charge in [-0.05, 0) is 44.8 Å². The van der Waals surface area contributed by atoms with E-state index in [2.05, 4.69) is 25.2 Å². The first-order valence-corrected chi connectivity index (χ1v) is 8.00. The monoisotopic (exact) mass is 270 g/mol. The van der Waals surface area contributed by atoms with Crippen molar-refractivity contribution in [2.24, 2.45) is 5.92 Å². The maximum absolute atomic E-state index is 9.53. The van der Waals surface area contributed by atoms with Crippen molar-refractivity contribution in [2.75, 3.05) is 12.4 Å². The van der Waals surface area contributed by atoms with Crippen LogP contribution in [0.25, 0.3) is 0 Å². The molecule has 0 aromatic rings. The van der Waals surface area contributed by atoms with Crippen LogP contribution in [0.3, 0.4) is 0 Å². The van der Waals surface area contributed by atoms with Crippen LogP contribution in [-0.2, 0) is 0 Å². The number of hydrogen-bond donors (Lipinski definition) is 2. The summed E-state index contributed by atoms with van der Waals surface area (Å²) in [7, 11) is 0. The molecule has 4 heteroatoms. The first-order valence-electron chi connectivity index (χ1n) is 6.95. The van der Waals surface area contributed by atoms with Crippen LogP contribution in [0.15, 0.2) is 0 Å². The molecule has 0 saturated heterocycles. The summed E-state index contributed by atoms with van der Waals surface area (Å²) in [4.78, 5) is 0. The number of aliphatic hydroxyl groups excluding tert-OH is 1. The molecule has 1 aliphatic carbocycles. The smallest absolute Gasteiger partial charge is 0.109 e. The van der Waals surface area contributed by atoms with Crippen LogP contribution in [0.1, 0.15) is 46.5 Å². The summed E-state index contributed by atoms with van der Waals surface area (Å²) in [5.74, 6) is 1.50. The summed E-state index contributed by atoms with van der Waals surface area (Å²) in [6.45, 7) is 6.50. The van der Waals surface area contributed by atoms with E-state index in [0.717, 1.165) is 31.4 Å². The van der Waals surface area contributed by atoms with Gasteiger partial charge in [0, 0.05) is 11.3 Å². The molecule has 1 saturated carbocycles. The second-order valence-electron chi connectivity index (χ2n) is 5.62. The Hall–Kier alpha value is -0.240. The summed E-state index contributed by atoms with van der Waals surface area (Å²) in [6.07, 6.45) is 4.36. The van der Waals surface area contributed by atoms with E-state index in [1.807, 2.05) is 6.92 Å². The van der Waals surface area contributed by atoms with E-state index in [4.69, 9.17) is 5.11 Å². The molecule has 0 bridgehead atoms. The van der Waals surface area contributed by atoms with Crippen LogP contribution in [0.5, 0.6) is 0 Å². The molecule has 3 atom stereocenters. The molecule has 0 heterocycles. The molecule has 1 rings (SSSR count). The predicted octanol–water partition coefficient (Wildman–Crippen LogP) is 2.55. The van der Waals surface area contributed by atoms with Gasteiger partial charge >= 0.3 is 0 Å². The van der Waals surface area contributed by atoms with Crippen LogP contribution in [0.4, 0.5) is 0 Å². The highest BCUT2D eigenvalue weighted by Crippen LogP contribution is 2.38. The van der Waals surface area contributed by atoms with Crippen molar-refractivity contribution in [3.8, 4) is 6.07 Å². The highest BCUT2D eigenvalue weighted by molar-refractivity contribution is 7.99. The summed E-state index contributed by atoms with van der Waals surface area (Å²) < 4.78 is 0. The van der Waals surface area contributed by atoms with Gasteiger partial charge in [0.1, 0.15) is 5.54 Å². The highest BCUT2D eigenvalue weighted by atomic mass is 32.2. The Labute approximate surface area is 115 Å². The van der Waals surface area contributed by atoms with E-state index in [1.54, 1.807) is 11.8 Å². The quantitative estimate of drug-likeness (QED) is 0.746. The maximum Gasteiger partial charge on any atom is 0.109 e. The summed E-state index contributed by atoms with van der Waals surface area (Å²) in [6, 6.07) is 2.90. The van der Waals surface area contributed by atoms with Crippen molar-refractivity contribution in [3.63, 3.8) is 0 Å². The normalized spacial score (nSPS) is 29.4. The first kappa shape index (κ1) is 15.8. The van der Waals surface area contributed by atoms with Gasteiger partial charge in [-0.15, -0.1) is 0 Å². The number of nitrogens with zero attached hydrogens (tertiary/aromatic N) is 1. The molecule has 2 N–H and O–H groups in total. The third kappa shape index (κ3) is 4.15. The molecule has 1 aliphatic rings. The molecule has 1 fully saturated rings.